The van der Waals surface area contributed by atoms with E-state index in [1.54, 1.807) is 12.1 Å². The maximum absolute atomic E-state index is 9.25. The molecule has 2 heteroatoms. The fraction of sp³-hybridized carbons (Fsp3) is 0.571. The van der Waals surface area contributed by atoms with Crippen molar-refractivity contribution in [1.82, 2.24) is 5.32 Å². The van der Waals surface area contributed by atoms with Crippen LogP contribution in [-0.2, 0) is 6.42 Å². The fourth-order valence-electron chi connectivity index (χ4n) is 3.31. The molecule has 2 aliphatic heterocycles. The van der Waals surface area contributed by atoms with Gasteiger partial charge in [0, 0.05) is 12.1 Å². The molecule has 0 aromatic heterocycles. The van der Waals surface area contributed by atoms with Crippen molar-refractivity contribution < 1.29 is 5.11 Å². The molecular weight excluding hydrogens is 198 g/mol. The zero-order valence-corrected chi connectivity index (χ0v) is 9.52. The first-order chi connectivity index (χ1) is 7.79. The van der Waals surface area contributed by atoms with Crippen molar-refractivity contribution in [1.29, 1.82) is 0 Å². The Kier molecular flexibility index (Phi) is 2.60. The van der Waals surface area contributed by atoms with Gasteiger partial charge in [-0.25, -0.2) is 0 Å². The number of phenolic OH excluding ortho intramolecular Hbond substituents is 1. The molecule has 1 aromatic rings. The summed E-state index contributed by atoms with van der Waals surface area (Å²) in [5.41, 5.74) is 1.36. The predicted octanol–water partition coefficient (Wildman–Crippen LogP) is 2.47. The second-order valence-corrected chi connectivity index (χ2v) is 5.35. The molecule has 86 valence electrons. The summed E-state index contributed by atoms with van der Waals surface area (Å²) in [6.07, 6.45) is 6.58. The highest BCUT2D eigenvalue weighted by Gasteiger charge is 2.33. The van der Waals surface area contributed by atoms with Gasteiger partial charge in [0.15, 0.2) is 0 Å². The molecule has 2 heterocycles. The summed E-state index contributed by atoms with van der Waals surface area (Å²) >= 11 is 0. The minimum Gasteiger partial charge on any atom is -0.508 e. The van der Waals surface area contributed by atoms with Crippen LogP contribution in [0.3, 0.4) is 0 Å². The lowest BCUT2D eigenvalue weighted by molar-refractivity contribution is 0.298. The topological polar surface area (TPSA) is 32.3 Å². The first-order valence-corrected chi connectivity index (χ1v) is 6.33. The molecule has 3 rings (SSSR count). The predicted molar refractivity (Wildman–Crippen MR) is 64.5 cm³/mol. The van der Waals surface area contributed by atoms with Crippen LogP contribution in [0.5, 0.6) is 5.75 Å². The molecule has 2 fully saturated rings. The molecule has 1 aromatic carbocycles. The standard InChI is InChI=1S/C14H19NO/c16-14-5-1-10(2-6-14)7-11-8-12-3-4-13(9-11)15-12/h1-2,5-6,11-13,15-16H,3-4,7-9H2. The van der Waals surface area contributed by atoms with E-state index in [-0.39, 0.29) is 0 Å². The van der Waals surface area contributed by atoms with Crippen molar-refractivity contribution >= 4 is 0 Å². The number of hydrogen-bond acceptors (Lipinski definition) is 2. The zero-order valence-electron chi connectivity index (χ0n) is 9.52. The van der Waals surface area contributed by atoms with Crippen LogP contribution in [0.4, 0.5) is 0 Å². The highest BCUT2D eigenvalue weighted by molar-refractivity contribution is 5.26. The average molecular weight is 217 g/mol. The Balaban J connectivity index is 1.64. The van der Waals surface area contributed by atoms with E-state index in [4.69, 9.17) is 0 Å². The summed E-state index contributed by atoms with van der Waals surface area (Å²) in [5, 5.41) is 12.9. The summed E-state index contributed by atoms with van der Waals surface area (Å²) in [7, 11) is 0. The fourth-order valence-corrected chi connectivity index (χ4v) is 3.31. The van der Waals surface area contributed by atoms with E-state index in [1.807, 2.05) is 0 Å². The maximum atomic E-state index is 9.25. The normalized spacial score (nSPS) is 32.9. The molecular formula is C14H19NO. The molecule has 2 saturated heterocycles. The summed E-state index contributed by atoms with van der Waals surface area (Å²) in [6, 6.07) is 9.26. The Morgan fingerprint density at radius 1 is 1.06 bits per heavy atom. The van der Waals surface area contributed by atoms with Gasteiger partial charge in [-0.2, -0.15) is 0 Å². The minimum atomic E-state index is 0.370. The van der Waals surface area contributed by atoms with E-state index in [2.05, 4.69) is 17.4 Å². The van der Waals surface area contributed by atoms with Gasteiger partial charge in [0.2, 0.25) is 0 Å². The molecule has 2 unspecified atom stereocenters. The number of nitrogens with one attached hydrogen (secondary N) is 1. The molecule has 0 saturated carbocycles. The Morgan fingerprint density at radius 2 is 1.69 bits per heavy atom. The van der Waals surface area contributed by atoms with Crippen LogP contribution >= 0.6 is 0 Å². The smallest absolute Gasteiger partial charge is 0.115 e. The van der Waals surface area contributed by atoms with E-state index in [0.717, 1.165) is 18.0 Å². The van der Waals surface area contributed by atoms with E-state index in [0.29, 0.717) is 5.75 Å². The second-order valence-electron chi connectivity index (χ2n) is 5.35. The summed E-state index contributed by atoms with van der Waals surface area (Å²) < 4.78 is 0. The Labute approximate surface area is 96.7 Å². The average Bonchev–Trinajstić information content (AvgIpc) is 2.62. The molecule has 0 spiro atoms. The van der Waals surface area contributed by atoms with Crippen LogP contribution in [0.25, 0.3) is 0 Å². The zero-order chi connectivity index (χ0) is 11.0. The van der Waals surface area contributed by atoms with Crippen LogP contribution in [0.2, 0.25) is 0 Å². The number of aromatic hydroxyl groups is 1. The van der Waals surface area contributed by atoms with E-state index >= 15 is 0 Å². The third kappa shape index (κ3) is 2.07. The quantitative estimate of drug-likeness (QED) is 0.797. The number of benzene rings is 1. The van der Waals surface area contributed by atoms with Gasteiger partial charge in [-0.15, -0.1) is 0 Å². The van der Waals surface area contributed by atoms with E-state index in [9.17, 15) is 5.11 Å². The van der Waals surface area contributed by atoms with Gasteiger partial charge in [0.25, 0.3) is 0 Å². The first kappa shape index (κ1) is 10.2. The highest BCUT2D eigenvalue weighted by Crippen LogP contribution is 2.32. The molecule has 2 nitrogen and oxygen atoms in total. The summed E-state index contributed by atoms with van der Waals surface area (Å²) in [4.78, 5) is 0. The molecule has 0 radical (unpaired) electrons. The van der Waals surface area contributed by atoms with Crippen LogP contribution in [0, 0.1) is 5.92 Å². The molecule has 2 atom stereocenters. The van der Waals surface area contributed by atoms with Crippen LogP contribution in [-0.4, -0.2) is 17.2 Å². The molecule has 16 heavy (non-hydrogen) atoms. The van der Waals surface area contributed by atoms with E-state index < -0.39 is 0 Å². The van der Waals surface area contributed by atoms with Crippen molar-refractivity contribution in [3.8, 4) is 5.75 Å². The maximum Gasteiger partial charge on any atom is 0.115 e. The van der Waals surface area contributed by atoms with Gasteiger partial charge in [-0.1, -0.05) is 12.1 Å². The number of rotatable bonds is 2. The number of phenols is 1. The second kappa shape index (κ2) is 4.10. The van der Waals surface area contributed by atoms with Crippen molar-refractivity contribution in [2.24, 2.45) is 5.92 Å². The van der Waals surface area contributed by atoms with Crippen molar-refractivity contribution in [3.05, 3.63) is 29.8 Å². The molecule has 2 bridgehead atoms. The van der Waals surface area contributed by atoms with Crippen LogP contribution in [0.1, 0.15) is 31.2 Å². The largest absolute Gasteiger partial charge is 0.508 e. The highest BCUT2D eigenvalue weighted by atomic mass is 16.3. The van der Waals surface area contributed by atoms with Crippen molar-refractivity contribution in [3.63, 3.8) is 0 Å². The van der Waals surface area contributed by atoms with Crippen LogP contribution in [0.15, 0.2) is 24.3 Å². The minimum absolute atomic E-state index is 0.370. The third-order valence-corrected chi connectivity index (χ3v) is 4.03. The Bertz CT molecular complexity index is 348. The monoisotopic (exact) mass is 217 g/mol. The Hall–Kier alpha value is -1.02. The van der Waals surface area contributed by atoms with E-state index in [1.165, 1.54) is 37.7 Å². The van der Waals surface area contributed by atoms with Gasteiger partial charge in [-0.05, 0) is 55.7 Å². The van der Waals surface area contributed by atoms with Crippen molar-refractivity contribution in [2.75, 3.05) is 0 Å². The van der Waals surface area contributed by atoms with Crippen molar-refractivity contribution in [2.45, 2.75) is 44.2 Å². The van der Waals surface area contributed by atoms with Gasteiger partial charge < -0.3 is 10.4 Å². The van der Waals surface area contributed by atoms with Gasteiger partial charge >= 0.3 is 0 Å². The van der Waals surface area contributed by atoms with Gasteiger partial charge in [-0.3, -0.25) is 0 Å². The number of fused-ring (bicyclic) bond motifs is 2. The van der Waals surface area contributed by atoms with Gasteiger partial charge in [0.05, 0.1) is 0 Å². The molecule has 0 aliphatic carbocycles. The lowest BCUT2D eigenvalue weighted by Gasteiger charge is -2.29. The Morgan fingerprint density at radius 3 is 2.31 bits per heavy atom. The van der Waals surface area contributed by atoms with Crippen LogP contribution < -0.4 is 5.32 Å². The number of piperidine rings is 1. The summed E-state index contributed by atoms with van der Waals surface area (Å²) in [6.45, 7) is 0. The SMILES string of the molecule is Oc1ccc(CC2CC3CCC(C2)N3)cc1. The number of hydrogen-bond donors (Lipinski definition) is 2. The lowest BCUT2D eigenvalue weighted by atomic mass is 9.87. The lowest BCUT2D eigenvalue weighted by Crippen LogP contribution is -2.38. The molecule has 2 aliphatic rings. The molecule has 0 amide bonds. The summed E-state index contributed by atoms with van der Waals surface area (Å²) in [5.74, 6) is 1.21. The molecule has 2 N–H and O–H groups in total. The third-order valence-electron chi connectivity index (χ3n) is 4.03. The first-order valence-electron chi connectivity index (χ1n) is 6.33. The van der Waals surface area contributed by atoms with Gasteiger partial charge in [0.1, 0.15) is 5.75 Å².